The van der Waals surface area contributed by atoms with Gasteiger partial charge in [-0.3, -0.25) is 4.79 Å². The molecule has 0 bridgehead atoms. The van der Waals surface area contributed by atoms with Gasteiger partial charge in [-0.1, -0.05) is 30.4 Å². The number of carboxylic acids is 1. The van der Waals surface area contributed by atoms with Crippen LogP contribution in [-0.2, 0) is 4.79 Å². The molecule has 0 aliphatic rings. The lowest BCUT2D eigenvalue weighted by Gasteiger charge is -2.04. The molecule has 0 saturated carbocycles. The Bertz CT molecular complexity index is 906. The molecule has 2 rings (SSSR count). The van der Waals surface area contributed by atoms with Crippen molar-refractivity contribution >= 4 is 23.6 Å². The second-order valence-electron chi connectivity index (χ2n) is 5.16. The maximum absolute atomic E-state index is 12.2. The van der Waals surface area contributed by atoms with Gasteiger partial charge in [-0.25, -0.2) is 4.79 Å². The van der Waals surface area contributed by atoms with Crippen LogP contribution in [0.3, 0.4) is 0 Å². The highest BCUT2D eigenvalue weighted by Crippen LogP contribution is 2.14. The van der Waals surface area contributed by atoms with Crippen LogP contribution in [-0.4, -0.2) is 24.1 Å². The Balaban J connectivity index is 2.08. The number of carbonyl (C=O) groups is 2. The Kier molecular flexibility index (Phi) is 6.29. The number of nitrogens with zero attached hydrogens (tertiary/aromatic N) is 1. The summed E-state index contributed by atoms with van der Waals surface area (Å²) in [6, 6.07) is 14.9. The van der Waals surface area contributed by atoms with Crippen LogP contribution in [0, 0.1) is 11.3 Å². The second-order valence-corrected chi connectivity index (χ2v) is 5.16. The lowest BCUT2D eigenvalue weighted by atomic mass is 10.1. The average molecular weight is 348 g/mol. The first-order valence-electron chi connectivity index (χ1n) is 7.60. The first kappa shape index (κ1) is 18.5. The topological polar surface area (TPSA) is 99.4 Å². The molecule has 6 nitrogen and oxygen atoms in total. The van der Waals surface area contributed by atoms with Crippen LogP contribution in [0.25, 0.3) is 6.08 Å². The number of hydrogen-bond donors (Lipinski definition) is 2. The molecule has 0 aromatic heterocycles. The van der Waals surface area contributed by atoms with Crippen molar-refractivity contribution < 1.29 is 19.4 Å². The number of benzene rings is 2. The van der Waals surface area contributed by atoms with Crippen LogP contribution in [0.2, 0.25) is 0 Å². The third-order valence-corrected chi connectivity index (χ3v) is 3.40. The molecule has 0 atom stereocenters. The standard InChI is InChI=1S/C20H16N2O4/c1-26-18-10-8-14(9-11-18)4-2-6-16(13-21)19(23)22-17-7-3-5-15(12-17)20(24)25/h2-12H,1H3,(H,22,23)(H,24,25). The Morgan fingerprint density at radius 3 is 2.54 bits per heavy atom. The van der Waals surface area contributed by atoms with E-state index in [4.69, 9.17) is 15.1 Å². The van der Waals surface area contributed by atoms with Crippen molar-refractivity contribution in [2.45, 2.75) is 0 Å². The molecule has 130 valence electrons. The highest BCUT2D eigenvalue weighted by Gasteiger charge is 2.10. The van der Waals surface area contributed by atoms with Crippen molar-refractivity contribution in [2.75, 3.05) is 12.4 Å². The van der Waals surface area contributed by atoms with Gasteiger partial charge < -0.3 is 15.2 Å². The fourth-order valence-electron chi connectivity index (χ4n) is 2.06. The molecule has 0 unspecified atom stereocenters. The summed E-state index contributed by atoms with van der Waals surface area (Å²) in [4.78, 5) is 23.1. The van der Waals surface area contributed by atoms with Gasteiger partial charge in [0.25, 0.3) is 5.91 Å². The van der Waals surface area contributed by atoms with E-state index in [1.54, 1.807) is 37.5 Å². The van der Waals surface area contributed by atoms with E-state index in [-0.39, 0.29) is 11.1 Å². The number of methoxy groups -OCH3 is 1. The van der Waals surface area contributed by atoms with Gasteiger partial charge in [0.1, 0.15) is 17.4 Å². The first-order valence-corrected chi connectivity index (χ1v) is 7.60. The van der Waals surface area contributed by atoms with Crippen molar-refractivity contribution in [3.63, 3.8) is 0 Å². The zero-order valence-corrected chi connectivity index (χ0v) is 14.0. The number of hydrogen-bond acceptors (Lipinski definition) is 4. The quantitative estimate of drug-likeness (QED) is 0.473. The predicted octanol–water partition coefficient (Wildman–Crippen LogP) is 3.50. The van der Waals surface area contributed by atoms with Crippen LogP contribution in [0.4, 0.5) is 5.69 Å². The van der Waals surface area contributed by atoms with E-state index in [2.05, 4.69) is 5.32 Å². The summed E-state index contributed by atoms with van der Waals surface area (Å²) in [6.07, 6.45) is 4.73. The summed E-state index contributed by atoms with van der Waals surface area (Å²) in [7, 11) is 1.58. The normalized spacial score (nSPS) is 11.0. The number of nitriles is 1. The Morgan fingerprint density at radius 1 is 1.19 bits per heavy atom. The molecular weight excluding hydrogens is 332 g/mol. The molecular formula is C20H16N2O4. The van der Waals surface area contributed by atoms with Gasteiger partial charge in [0.15, 0.2) is 0 Å². The van der Waals surface area contributed by atoms with Gasteiger partial charge in [0.2, 0.25) is 0 Å². The van der Waals surface area contributed by atoms with Gasteiger partial charge in [-0.05, 0) is 42.0 Å². The SMILES string of the molecule is COc1ccc(C=CC=C(C#N)C(=O)Nc2cccc(C(=O)O)c2)cc1. The number of anilines is 1. The molecule has 0 aliphatic heterocycles. The summed E-state index contributed by atoms with van der Waals surface area (Å²) < 4.78 is 5.07. The van der Waals surface area contributed by atoms with Crippen LogP contribution < -0.4 is 10.1 Å². The summed E-state index contributed by atoms with van der Waals surface area (Å²) in [5.41, 5.74) is 1.13. The van der Waals surface area contributed by atoms with E-state index < -0.39 is 11.9 Å². The molecule has 2 N–H and O–H groups in total. The fourth-order valence-corrected chi connectivity index (χ4v) is 2.06. The number of amides is 1. The van der Waals surface area contributed by atoms with Crippen LogP contribution in [0.1, 0.15) is 15.9 Å². The molecule has 0 fully saturated rings. The van der Waals surface area contributed by atoms with E-state index in [0.717, 1.165) is 11.3 Å². The summed E-state index contributed by atoms with van der Waals surface area (Å²) in [6.45, 7) is 0. The van der Waals surface area contributed by atoms with Crippen molar-refractivity contribution in [1.29, 1.82) is 5.26 Å². The lowest BCUT2D eigenvalue weighted by Crippen LogP contribution is -2.13. The molecule has 0 saturated heterocycles. The van der Waals surface area contributed by atoms with Gasteiger partial charge in [-0.15, -0.1) is 0 Å². The van der Waals surface area contributed by atoms with Gasteiger partial charge in [0.05, 0.1) is 12.7 Å². The lowest BCUT2D eigenvalue weighted by molar-refractivity contribution is -0.112. The van der Waals surface area contributed by atoms with Crippen molar-refractivity contribution in [3.8, 4) is 11.8 Å². The highest BCUT2D eigenvalue weighted by atomic mass is 16.5. The van der Waals surface area contributed by atoms with E-state index in [1.165, 1.54) is 24.3 Å². The Hall–Kier alpha value is -3.85. The summed E-state index contributed by atoms with van der Waals surface area (Å²) in [5, 5.41) is 20.6. The molecule has 0 heterocycles. The maximum Gasteiger partial charge on any atom is 0.335 e. The fraction of sp³-hybridized carbons (Fsp3) is 0.0500. The number of carbonyl (C=O) groups excluding carboxylic acids is 1. The van der Waals surface area contributed by atoms with Crippen molar-refractivity contribution in [1.82, 2.24) is 0 Å². The molecule has 0 radical (unpaired) electrons. The van der Waals surface area contributed by atoms with Crippen LogP contribution in [0.5, 0.6) is 5.75 Å². The molecule has 2 aromatic carbocycles. The second kappa shape index (κ2) is 8.85. The zero-order valence-electron chi connectivity index (χ0n) is 14.0. The van der Waals surface area contributed by atoms with E-state index >= 15 is 0 Å². The number of nitrogens with one attached hydrogen (secondary N) is 1. The smallest absolute Gasteiger partial charge is 0.335 e. The average Bonchev–Trinajstić information content (AvgIpc) is 2.65. The minimum atomic E-state index is -1.10. The van der Waals surface area contributed by atoms with Gasteiger partial charge in [0, 0.05) is 5.69 Å². The molecule has 6 heteroatoms. The van der Waals surface area contributed by atoms with E-state index in [0.29, 0.717) is 5.69 Å². The summed E-state index contributed by atoms with van der Waals surface area (Å²) in [5.74, 6) is -0.979. The minimum absolute atomic E-state index is 0.0460. The third-order valence-electron chi connectivity index (χ3n) is 3.40. The minimum Gasteiger partial charge on any atom is -0.497 e. The number of ether oxygens (including phenoxy) is 1. The van der Waals surface area contributed by atoms with Crippen molar-refractivity contribution in [2.24, 2.45) is 0 Å². The highest BCUT2D eigenvalue weighted by molar-refractivity contribution is 6.07. The van der Waals surface area contributed by atoms with Crippen LogP contribution in [0.15, 0.2) is 66.3 Å². The van der Waals surface area contributed by atoms with E-state index in [1.807, 2.05) is 18.2 Å². The van der Waals surface area contributed by atoms with Gasteiger partial charge >= 0.3 is 5.97 Å². The monoisotopic (exact) mass is 348 g/mol. The maximum atomic E-state index is 12.2. The number of allylic oxidation sites excluding steroid dienone is 2. The number of aromatic carboxylic acids is 1. The van der Waals surface area contributed by atoms with E-state index in [9.17, 15) is 9.59 Å². The zero-order chi connectivity index (χ0) is 18.9. The number of rotatable bonds is 6. The van der Waals surface area contributed by atoms with Gasteiger partial charge in [-0.2, -0.15) is 5.26 Å². The molecule has 2 aromatic rings. The van der Waals surface area contributed by atoms with Crippen LogP contribution >= 0.6 is 0 Å². The Labute approximate surface area is 150 Å². The largest absolute Gasteiger partial charge is 0.497 e. The number of carboxylic acid groups (broad SMARTS) is 1. The summed E-state index contributed by atoms with van der Waals surface area (Å²) >= 11 is 0. The third kappa shape index (κ3) is 5.08. The molecule has 26 heavy (non-hydrogen) atoms. The van der Waals surface area contributed by atoms with Crippen molar-refractivity contribution in [3.05, 3.63) is 77.4 Å². The molecule has 0 aliphatic carbocycles. The molecule has 1 amide bonds. The Morgan fingerprint density at radius 2 is 1.92 bits per heavy atom. The molecule has 0 spiro atoms. The first-order chi connectivity index (χ1) is 12.5. The predicted molar refractivity (Wildman–Crippen MR) is 97.8 cm³/mol.